The molecule has 0 saturated heterocycles. The Labute approximate surface area is 179 Å². The number of nitriles is 1. The number of hydrogen-bond donors (Lipinski definition) is 1. The molecular formula is C25H19FN4O. The third kappa shape index (κ3) is 4.51. The van der Waals surface area contributed by atoms with Crippen LogP contribution in [0.1, 0.15) is 22.6 Å². The normalized spacial score (nSPS) is 12.0. The van der Waals surface area contributed by atoms with Gasteiger partial charge in [0, 0.05) is 29.2 Å². The highest BCUT2D eigenvalue weighted by molar-refractivity contribution is 6.00. The van der Waals surface area contributed by atoms with Crippen LogP contribution < -0.4 is 5.43 Å². The highest BCUT2D eigenvalue weighted by Crippen LogP contribution is 2.21. The van der Waals surface area contributed by atoms with Crippen molar-refractivity contribution in [1.82, 2.24) is 9.99 Å². The quantitative estimate of drug-likeness (QED) is 0.373. The van der Waals surface area contributed by atoms with E-state index in [1.807, 2.05) is 47.2 Å². The number of fused-ring (bicyclic) bond motifs is 1. The second-order valence-electron chi connectivity index (χ2n) is 7.06. The molecule has 1 amide bonds. The molecule has 4 rings (SSSR count). The molecule has 5 nitrogen and oxygen atoms in total. The molecule has 4 aromatic rings. The maximum absolute atomic E-state index is 13.2. The molecule has 0 aliphatic carbocycles. The van der Waals surface area contributed by atoms with Gasteiger partial charge in [-0.25, -0.2) is 9.82 Å². The summed E-state index contributed by atoms with van der Waals surface area (Å²) in [5.74, 6) is -1.69. The molecule has 1 aromatic heterocycles. The largest absolute Gasteiger partial charge is 0.342 e. The van der Waals surface area contributed by atoms with E-state index in [9.17, 15) is 14.4 Å². The van der Waals surface area contributed by atoms with E-state index in [1.54, 1.807) is 42.6 Å². The van der Waals surface area contributed by atoms with E-state index >= 15 is 0 Å². The van der Waals surface area contributed by atoms with Crippen LogP contribution in [0.5, 0.6) is 0 Å². The summed E-state index contributed by atoms with van der Waals surface area (Å²) in [6, 6.07) is 25.1. The van der Waals surface area contributed by atoms with Gasteiger partial charge in [-0.1, -0.05) is 60.7 Å². The van der Waals surface area contributed by atoms with Crippen molar-refractivity contribution in [3.05, 3.63) is 108 Å². The Hall–Kier alpha value is -4.24. The van der Waals surface area contributed by atoms with Gasteiger partial charge < -0.3 is 4.57 Å². The van der Waals surface area contributed by atoms with E-state index < -0.39 is 11.8 Å². The van der Waals surface area contributed by atoms with Crippen LogP contribution in [0, 0.1) is 17.1 Å². The van der Waals surface area contributed by atoms with Crippen LogP contribution in [0.3, 0.4) is 0 Å². The number of hydrogen-bond acceptors (Lipinski definition) is 3. The van der Waals surface area contributed by atoms with Crippen molar-refractivity contribution in [3.63, 3.8) is 0 Å². The fourth-order valence-corrected chi connectivity index (χ4v) is 3.46. The summed E-state index contributed by atoms with van der Waals surface area (Å²) in [4.78, 5) is 12.4. The van der Waals surface area contributed by atoms with Gasteiger partial charge in [-0.2, -0.15) is 10.4 Å². The Morgan fingerprint density at radius 2 is 1.77 bits per heavy atom. The van der Waals surface area contributed by atoms with Crippen LogP contribution in [0.4, 0.5) is 4.39 Å². The minimum atomic E-state index is -0.932. The number of amides is 1. The molecule has 0 spiro atoms. The van der Waals surface area contributed by atoms with Crippen molar-refractivity contribution >= 4 is 23.0 Å². The lowest BCUT2D eigenvalue weighted by atomic mass is 10.0. The predicted octanol–water partition coefficient (Wildman–Crippen LogP) is 4.59. The highest BCUT2D eigenvalue weighted by Gasteiger charge is 2.19. The molecule has 0 aliphatic heterocycles. The lowest BCUT2D eigenvalue weighted by molar-refractivity contribution is -0.121. The maximum Gasteiger partial charge on any atom is 0.261 e. The molecule has 152 valence electrons. The first-order chi connectivity index (χ1) is 15.2. The van der Waals surface area contributed by atoms with Crippen molar-refractivity contribution in [2.75, 3.05) is 0 Å². The molecule has 31 heavy (non-hydrogen) atoms. The summed E-state index contributed by atoms with van der Waals surface area (Å²) in [5, 5.41) is 14.4. The average molecular weight is 410 g/mol. The Morgan fingerprint density at radius 3 is 2.52 bits per heavy atom. The van der Waals surface area contributed by atoms with Crippen molar-refractivity contribution in [2.45, 2.75) is 12.5 Å². The van der Waals surface area contributed by atoms with E-state index in [4.69, 9.17) is 0 Å². The topological polar surface area (TPSA) is 70.2 Å². The molecule has 0 aliphatic rings. The van der Waals surface area contributed by atoms with Crippen molar-refractivity contribution in [3.8, 4) is 6.07 Å². The van der Waals surface area contributed by atoms with Gasteiger partial charge >= 0.3 is 0 Å². The molecule has 0 unspecified atom stereocenters. The lowest BCUT2D eigenvalue weighted by Gasteiger charge is -2.06. The summed E-state index contributed by atoms with van der Waals surface area (Å²) in [6.07, 6.45) is 3.50. The predicted molar refractivity (Wildman–Crippen MR) is 118 cm³/mol. The van der Waals surface area contributed by atoms with Crippen LogP contribution in [0.25, 0.3) is 10.9 Å². The molecule has 6 heteroatoms. The summed E-state index contributed by atoms with van der Waals surface area (Å²) in [7, 11) is 0. The second kappa shape index (κ2) is 9.06. The maximum atomic E-state index is 13.2. The number of nitrogens with one attached hydrogen (secondary N) is 1. The van der Waals surface area contributed by atoms with Crippen molar-refractivity contribution in [1.29, 1.82) is 5.26 Å². The van der Waals surface area contributed by atoms with Crippen molar-refractivity contribution in [2.24, 2.45) is 5.10 Å². The van der Waals surface area contributed by atoms with Gasteiger partial charge in [0.15, 0.2) is 5.92 Å². The number of halogens is 1. The standard InChI is InChI=1S/C25H19FN4O/c26-21-12-10-18(11-13-21)16-30-17-20(22-8-4-5-9-24(22)30)15-28-29-25(31)23(14-27)19-6-2-1-3-7-19/h1-13,15,17,23H,16H2,(H,29,31)/b28-15-/t23-/m1/s1. The molecule has 0 bridgehead atoms. The lowest BCUT2D eigenvalue weighted by Crippen LogP contribution is -2.24. The molecule has 1 heterocycles. The highest BCUT2D eigenvalue weighted by atomic mass is 19.1. The first-order valence-electron chi connectivity index (χ1n) is 9.75. The first-order valence-corrected chi connectivity index (χ1v) is 9.75. The SMILES string of the molecule is N#C[C@@H](C(=O)N/N=C\c1cn(Cc2ccc(F)cc2)c2ccccc12)c1ccccc1. The van der Waals surface area contributed by atoms with E-state index in [0.717, 1.165) is 22.0 Å². The summed E-state index contributed by atoms with van der Waals surface area (Å²) < 4.78 is 15.2. The van der Waals surface area contributed by atoms with E-state index in [0.29, 0.717) is 12.1 Å². The van der Waals surface area contributed by atoms with Crippen LogP contribution in [0.15, 0.2) is 90.2 Å². The van der Waals surface area contributed by atoms with Gasteiger partial charge in [0.05, 0.1) is 12.3 Å². The molecular weight excluding hydrogens is 391 g/mol. The summed E-state index contributed by atoms with van der Waals surface area (Å²) in [6.45, 7) is 0.575. The summed E-state index contributed by atoms with van der Waals surface area (Å²) in [5.41, 5.74) is 5.88. The molecule has 1 atom stereocenters. The third-order valence-electron chi connectivity index (χ3n) is 4.99. The third-order valence-corrected chi connectivity index (χ3v) is 4.99. The Morgan fingerprint density at radius 1 is 1.06 bits per heavy atom. The fourth-order valence-electron chi connectivity index (χ4n) is 3.46. The average Bonchev–Trinajstić information content (AvgIpc) is 3.14. The number of benzene rings is 3. The Kier molecular flexibility index (Phi) is 5.86. The number of nitrogens with zero attached hydrogens (tertiary/aromatic N) is 3. The van der Waals surface area contributed by atoms with E-state index in [2.05, 4.69) is 10.5 Å². The number of carbonyl (C=O) groups is 1. The zero-order valence-corrected chi connectivity index (χ0v) is 16.6. The number of para-hydroxylation sites is 1. The molecule has 0 saturated carbocycles. The fraction of sp³-hybridized carbons (Fsp3) is 0.0800. The van der Waals surface area contributed by atoms with Gasteiger partial charge in [0.1, 0.15) is 5.82 Å². The van der Waals surface area contributed by atoms with Gasteiger partial charge in [0.2, 0.25) is 0 Å². The Bertz CT molecular complexity index is 1270. The van der Waals surface area contributed by atoms with E-state index in [1.165, 1.54) is 12.1 Å². The molecule has 0 fully saturated rings. The van der Waals surface area contributed by atoms with Gasteiger partial charge in [0.25, 0.3) is 5.91 Å². The minimum absolute atomic E-state index is 0.268. The number of carbonyl (C=O) groups excluding carboxylic acids is 1. The zero-order chi connectivity index (χ0) is 21.6. The van der Waals surface area contributed by atoms with Crippen LogP contribution in [-0.2, 0) is 11.3 Å². The van der Waals surface area contributed by atoms with Gasteiger partial charge in [-0.3, -0.25) is 4.79 Å². The first kappa shape index (κ1) is 20.0. The zero-order valence-electron chi connectivity index (χ0n) is 16.6. The van der Waals surface area contributed by atoms with Gasteiger partial charge in [-0.15, -0.1) is 0 Å². The molecule has 0 radical (unpaired) electrons. The van der Waals surface area contributed by atoms with Crippen molar-refractivity contribution < 1.29 is 9.18 Å². The minimum Gasteiger partial charge on any atom is -0.342 e. The van der Waals surface area contributed by atoms with Crippen LogP contribution in [0.2, 0.25) is 0 Å². The second-order valence-corrected chi connectivity index (χ2v) is 7.06. The smallest absolute Gasteiger partial charge is 0.261 e. The number of aromatic nitrogens is 1. The number of rotatable bonds is 6. The summed E-state index contributed by atoms with van der Waals surface area (Å²) >= 11 is 0. The van der Waals surface area contributed by atoms with Gasteiger partial charge in [-0.05, 0) is 29.3 Å². The molecule has 3 aromatic carbocycles. The van der Waals surface area contributed by atoms with E-state index in [-0.39, 0.29) is 5.82 Å². The monoisotopic (exact) mass is 410 g/mol. The van der Waals surface area contributed by atoms with Crippen LogP contribution in [-0.4, -0.2) is 16.7 Å². The number of hydrazone groups is 1. The Balaban J connectivity index is 1.54. The van der Waals surface area contributed by atoms with Crippen LogP contribution >= 0.6 is 0 Å². The molecule has 1 N–H and O–H groups in total.